The van der Waals surface area contributed by atoms with E-state index < -0.39 is 11.9 Å². The first-order chi connectivity index (χ1) is 15.9. The number of esters is 1. The molecule has 0 unspecified atom stereocenters. The lowest BCUT2D eigenvalue weighted by molar-refractivity contribution is -0.123. The van der Waals surface area contributed by atoms with Crippen molar-refractivity contribution < 1.29 is 23.5 Å². The Morgan fingerprint density at radius 3 is 2.85 bits per heavy atom. The Balaban J connectivity index is 1.44. The summed E-state index contributed by atoms with van der Waals surface area (Å²) in [5.41, 5.74) is 4.43. The number of carbonyl (C=O) groups is 2. The topological polar surface area (TPSA) is 103 Å². The fourth-order valence-electron chi connectivity index (χ4n) is 3.43. The van der Waals surface area contributed by atoms with Gasteiger partial charge in [0.15, 0.2) is 6.61 Å². The number of benzene rings is 1. The molecule has 1 aromatic carbocycles. The first-order valence-corrected chi connectivity index (χ1v) is 10.9. The van der Waals surface area contributed by atoms with Gasteiger partial charge in [0.2, 0.25) is 5.76 Å². The number of nitrogens with zero attached hydrogens (tertiary/aromatic N) is 2. The molecule has 0 atom stereocenters. The predicted octanol–water partition coefficient (Wildman–Crippen LogP) is 4.74. The second kappa shape index (κ2) is 10.1. The van der Waals surface area contributed by atoms with Gasteiger partial charge in [0.25, 0.3) is 5.91 Å². The Morgan fingerprint density at radius 2 is 2.09 bits per heavy atom. The number of hydrogen-bond donors (Lipinski definition) is 1. The van der Waals surface area contributed by atoms with Crippen molar-refractivity contribution in [2.24, 2.45) is 5.10 Å². The highest BCUT2D eigenvalue weighted by atomic mass is 35.5. The summed E-state index contributed by atoms with van der Waals surface area (Å²) in [5.74, 6) is 0.314. The minimum Gasteiger partial charge on any atom is -0.482 e. The zero-order valence-corrected chi connectivity index (χ0v) is 19.1. The Kier molecular flexibility index (Phi) is 6.96. The smallest absolute Gasteiger partial charge is 0.379 e. The van der Waals surface area contributed by atoms with Gasteiger partial charge in [-0.05, 0) is 50.1 Å². The highest BCUT2D eigenvalue weighted by Crippen LogP contribution is 2.31. The number of furan rings is 1. The lowest BCUT2D eigenvalue weighted by Gasteiger charge is -2.13. The van der Waals surface area contributed by atoms with Crippen LogP contribution < -0.4 is 14.9 Å². The standard InChI is InChI=1S/C23H19Cl2N3O5/c1-13-21-17(27-28-20(29)12-31-18-8-7-14(24)10-16(18)25)5-2-6-19(21)33-22(13)23(30)32-15-4-3-9-26-11-15/h3-4,7-11H,2,5-6,12H2,1H3,(H,28,29)/b27-17+. The van der Waals surface area contributed by atoms with Gasteiger partial charge in [0.1, 0.15) is 17.3 Å². The lowest BCUT2D eigenvalue weighted by atomic mass is 9.93. The van der Waals surface area contributed by atoms with Gasteiger partial charge in [-0.1, -0.05) is 23.2 Å². The minimum atomic E-state index is -0.619. The van der Waals surface area contributed by atoms with E-state index in [1.54, 1.807) is 37.4 Å². The average Bonchev–Trinajstić information content (AvgIpc) is 3.15. The lowest BCUT2D eigenvalue weighted by Crippen LogP contribution is -2.27. The first-order valence-electron chi connectivity index (χ1n) is 10.1. The molecule has 1 N–H and O–H groups in total. The summed E-state index contributed by atoms with van der Waals surface area (Å²) in [4.78, 5) is 28.8. The number of carbonyl (C=O) groups excluding carboxylic acids is 2. The van der Waals surface area contributed by atoms with Crippen LogP contribution in [0.1, 0.15) is 40.3 Å². The maximum Gasteiger partial charge on any atom is 0.379 e. The molecule has 10 heteroatoms. The van der Waals surface area contributed by atoms with Crippen molar-refractivity contribution in [2.75, 3.05) is 6.61 Å². The van der Waals surface area contributed by atoms with Crippen molar-refractivity contribution in [3.63, 3.8) is 0 Å². The van der Waals surface area contributed by atoms with Gasteiger partial charge < -0.3 is 13.9 Å². The van der Waals surface area contributed by atoms with Gasteiger partial charge in [0.05, 0.1) is 16.9 Å². The van der Waals surface area contributed by atoms with E-state index in [2.05, 4.69) is 15.5 Å². The molecule has 0 aliphatic heterocycles. The molecule has 8 nitrogen and oxygen atoms in total. The van der Waals surface area contributed by atoms with Crippen LogP contribution in [0.15, 0.2) is 52.2 Å². The van der Waals surface area contributed by atoms with E-state index in [9.17, 15) is 9.59 Å². The van der Waals surface area contributed by atoms with Crippen LogP contribution in [0.25, 0.3) is 0 Å². The molecule has 0 fully saturated rings. The van der Waals surface area contributed by atoms with Crippen molar-refractivity contribution in [2.45, 2.75) is 26.2 Å². The van der Waals surface area contributed by atoms with E-state index in [0.717, 1.165) is 6.42 Å². The number of halogens is 2. The fraction of sp³-hybridized carbons (Fsp3) is 0.217. The van der Waals surface area contributed by atoms with E-state index in [-0.39, 0.29) is 12.4 Å². The van der Waals surface area contributed by atoms with Crippen LogP contribution in [0.5, 0.6) is 11.5 Å². The van der Waals surface area contributed by atoms with Gasteiger partial charge in [-0.15, -0.1) is 0 Å². The van der Waals surface area contributed by atoms with Crippen molar-refractivity contribution in [1.29, 1.82) is 0 Å². The molecule has 170 valence electrons. The van der Waals surface area contributed by atoms with Crippen LogP contribution in [0.4, 0.5) is 0 Å². The maximum absolute atomic E-state index is 12.6. The largest absolute Gasteiger partial charge is 0.482 e. The van der Waals surface area contributed by atoms with E-state index >= 15 is 0 Å². The number of ether oxygens (including phenoxy) is 2. The zero-order valence-electron chi connectivity index (χ0n) is 17.6. The summed E-state index contributed by atoms with van der Waals surface area (Å²) in [6.45, 7) is 1.48. The Morgan fingerprint density at radius 1 is 1.24 bits per heavy atom. The summed E-state index contributed by atoms with van der Waals surface area (Å²) in [6, 6.07) is 8.02. The normalized spacial score (nSPS) is 14.0. The number of amides is 1. The molecule has 1 aliphatic rings. The van der Waals surface area contributed by atoms with Crippen molar-refractivity contribution in [3.8, 4) is 11.5 Å². The van der Waals surface area contributed by atoms with Gasteiger partial charge in [-0.3, -0.25) is 9.78 Å². The maximum atomic E-state index is 12.6. The number of aryl methyl sites for hydroxylation is 1. The third-order valence-corrected chi connectivity index (χ3v) is 5.45. The highest BCUT2D eigenvalue weighted by Gasteiger charge is 2.29. The van der Waals surface area contributed by atoms with Crippen molar-refractivity contribution >= 4 is 40.8 Å². The second-order valence-electron chi connectivity index (χ2n) is 7.24. The third-order valence-electron chi connectivity index (χ3n) is 4.92. The Labute approximate surface area is 199 Å². The van der Waals surface area contributed by atoms with Crippen LogP contribution in [-0.2, 0) is 11.2 Å². The molecule has 3 aromatic rings. The monoisotopic (exact) mass is 487 g/mol. The summed E-state index contributed by atoms with van der Waals surface area (Å²) < 4.78 is 16.6. The highest BCUT2D eigenvalue weighted by molar-refractivity contribution is 6.35. The van der Waals surface area contributed by atoms with Gasteiger partial charge in [-0.2, -0.15) is 5.10 Å². The number of hydrazone groups is 1. The first kappa shape index (κ1) is 22.8. The van der Waals surface area contributed by atoms with E-state index in [1.165, 1.54) is 12.3 Å². The summed E-state index contributed by atoms with van der Waals surface area (Å²) in [5, 5.41) is 5.02. The number of nitrogens with one attached hydrogen (secondary N) is 1. The van der Waals surface area contributed by atoms with E-state index in [4.69, 9.17) is 37.1 Å². The molecule has 2 heterocycles. The molecule has 0 saturated carbocycles. The van der Waals surface area contributed by atoms with Crippen molar-refractivity contribution in [3.05, 3.63) is 75.4 Å². The molecule has 0 spiro atoms. The minimum absolute atomic E-state index is 0.102. The van der Waals surface area contributed by atoms with Crippen LogP contribution in [0.3, 0.4) is 0 Å². The molecular weight excluding hydrogens is 469 g/mol. The molecule has 4 rings (SSSR count). The van der Waals surface area contributed by atoms with Crippen LogP contribution in [0.2, 0.25) is 10.0 Å². The van der Waals surface area contributed by atoms with E-state index in [1.807, 2.05) is 0 Å². The molecule has 0 saturated heterocycles. The summed E-state index contributed by atoms with van der Waals surface area (Å²) in [6.07, 6.45) is 5.07. The average molecular weight is 488 g/mol. The van der Waals surface area contributed by atoms with Crippen LogP contribution in [-0.4, -0.2) is 29.2 Å². The molecule has 1 aliphatic carbocycles. The Hall–Kier alpha value is -3.36. The van der Waals surface area contributed by atoms with Crippen LogP contribution >= 0.6 is 23.2 Å². The van der Waals surface area contributed by atoms with Gasteiger partial charge in [-0.25, -0.2) is 10.2 Å². The van der Waals surface area contributed by atoms with E-state index in [0.29, 0.717) is 57.0 Å². The molecule has 1 amide bonds. The molecule has 0 bridgehead atoms. The Bertz CT molecular complexity index is 1220. The molecule has 0 radical (unpaired) electrons. The quantitative estimate of drug-likeness (QED) is 0.397. The van der Waals surface area contributed by atoms with Gasteiger partial charge >= 0.3 is 5.97 Å². The van der Waals surface area contributed by atoms with Crippen LogP contribution in [0, 0.1) is 6.92 Å². The number of aromatic nitrogens is 1. The molecule has 33 heavy (non-hydrogen) atoms. The fourth-order valence-corrected chi connectivity index (χ4v) is 3.90. The summed E-state index contributed by atoms with van der Waals surface area (Å²) >= 11 is 11.9. The number of fused-ring (bicyclic) bond motifs is 1. The zero-order chi connectivity index (χ0) is 23.4. The number of rotatable bonds is 6. The number of pyridine rings is 1. The molecular formula is C23H19Cl2N3O5. The third kappa shape index (κ3) is 5.35. The number of hydrogen-bond acceptors (Lipinski definition) is 7. The SMILES string of the molecule is Cc1c(C(=O)Oc2cccnc2)oc2c1/C(=N/NC(=O)COc1ccc(Cl)cc1Cl)CCC2. The summed E-state index contributed by atoms with van der Waals surface area (Å²) in [7, 11) is 0. The predicted molar refractivity (Wildman–Crippen MR) is 122 cm³/mol. The molecule has 2 aromatic heterocycles. The second-order valence-corrected chi connectivity index (χ2v) is 8.09. The van der Waals surface area contributed by atoms with Gasteiger partial charge in [0, 0.05) is 28.8 Å². The van der Waals surface area contributed by atoms with Crippen molar-refractivity contribution in [1.82, 2.24) is 10.4 Å².